The minimum absolute atomic E-state index is 0.690. The Labute approximate surface area is 329 Å². The summed E-state index contributed by atoms with van der Waals surface area (Å²) in [5, 5.41) is 0. The molecule has 0 saturated carbocycles. The van der Waals surface area contributed by atoms with Gasteiger partial charge in [-0.1, -0.05) is 168 Å². The molecule has 0 aliphatic heterocycles. The van der Waals surface area contributed by atoms with Crippen LogP contribution in [0.5, 0.6) is 0 Å². The summed E-state index contributed by atoms with van der Waals surface area (Å²) >= 11 is 5.91. The first-order valence-corrected chi connectivity index (χ1v) is 24.1. The lowest BCUT2D eigenvalue weighted by Gasteiger charge is -2.29. The molecule has 0 heterocycles. The highest BCUT2D eigenvalue weighted by atomic mass is 35.5. The molecular weight excluding hydrogens is 655 g/mol. The molecule has 4 aliphatic carbocycles. The molecule has 0 amide bonds. The zero-order valence-corrected chi connectivity index (χ0v) is 38.8. The first-order valence-electron chi connectivity index (χ1n) is 21.9. The van der Waals surface area contributed by atoms with E-state index in [2.05, 4.69) is 125 Å². The van der Waals surface area contributed by atoms with Gasteiger partial charge >= 0.3 is 0 Å². The van der Waals surface area contributed by atoms with E-state index < -0.39 is 0 Å². The van der Waals surface area contributed by atoms with Crippen molar-refractivity contribution in [3.8, 4) is 0 Å². The Hall–Kier alpha value is -0.840. The molecule has 0 nitrogen and oxygen atoms in total. The van der Waals surface area contributed by atoms with Gasteiger partial charge in [-0.2, -0.15) is 0 Å². The van der Waals surface area contributed by atoms with Crippen molar-refractivity contribution in [3.63, 3.8) is 0 Å². The molecule has 4 rings (SSSR count). The van der Waals surface area contributed by atoms with Gasteiger partial charge in [0.25, 0.3) is 0 Å². The van der Waals surface area contributed by atoms with E-state index in [9.17, 15) is 0 Å². The third-order valence-electron chi connectivity index (χ3n) is 11.8. The van der Waals surface area contributed by atoms with Gasteiger partial charge in [-0.3, -0.25) is 0 Å². The lowest BCUT2D eigenvalue weighted by atomic mass is 9.79. The van der Waals surface area contributed by atoms with Crippen LogP contribution in [-0.4, -0.2) is 18.7 Å². The van der Waals surface area contributed by atoms with Crippen molar-refractivity contribution in [1.82, 2.24) is 0 Å². The van der Waals surface area contributed by atoms with Gasteiger partial charge < -0.3 is 0 Å². The summed E-state index contributed by atoms with van der Waals surface area (Å²) in [4.78, 5) is 0. The van der Waals surface area contributed by atoms with E-state index in [4.69, 9.17) is 11.6 Å². The second kappa shape index (κ2) is 33.7. The summed E-state index contributed by atoms with van der Waals surface area (Å²) in [6.07, 6.45) is 35.5. The van der Waals surface area contributed by atoms with Crippen LogP contribution in [0.15, 0.2) is 70.9 Å². The number of halogens is 1. The van der Waals surface area contributed by atoms with E-state index in [1.165, 1.54) is 83.2 Å². The third-order valence-corrected chi connectivity index (χ3v) is 13.1. The predicted molar refractivity (Wildman–Crippen MR) is 243 cm³/mol. The standard InChI is InChI=1S/C13H25P.C12H21Cl.2C10H16.2C2H6/c1-5-10(2)12-6-7-13(9-14-4)11(3)8-12;1-4-9(2)11-5-6-12(8-13)10(3)7-11;2*1-3-9(2)10-7-5-4-6-8-10;2*1-2/h8,10-11,13-14H,5-7,9H2,1-4H3;7,9-10,12H,4-6,8H2,1-3H3;2*4-5,7,9H,3,6,8H2,1-2H3;2*1-2H3. The molecule has 0 bridgehead atoms. The van der Waals surface area contributed by atoms with Crippen LogP contribution >= 0.6 is 20.2 Å². The minimum Gasteiger partial charge on any atom is -0.126 e. The van der Waals surface area contributed by atoms with Crippen LogP contribution in [0.25, 0.3) is 0 Å². The molecule has 0 fully saturated rings. The Morgan fingerprint density at radius 2 is 0.941 bits per heavy atom. The highest BCUT2D eigenvalue weighted by molar-refractivity contribution is 7.37. The van der Waals surface area contributed by atoms with Crippen LogP contribution in [0.3, 0.4) is 0 Å². The third kappa shape index (κ3) is 22.2. The van der Waals surface area contributed by atoms with Crippen LogP contribution in [0.1, 0.15) is 174 Å². The SMILES string of the molecule is CC.CC.CCC(C)C1=CC(C)C(CCl)CC1.CCC(C)C1=CC(C)C(CPC)CC1.CCC(C)C1=CC=CCC1.CCC(C)C1=CC=CCC1. The molecule has 0 saturated heterocycles. The van der Waals surface area contributed by atoms with E-state index in [1.807, 2.05) is 27.7 Å². The predicted octanol–water partition coefficient (Wildman–Crippen LogP) is 17.2. The van der Waals surface area contributed by atoms with Crippen molar-refractivity contribution in [2.45, 2.75) is 174 Å². The van der Waals surface area contributed by atoms with Gasteiger partial charge in [0, 0.05) is 5.88 Å². The van der Waals surface area contributed by atoms with E-state index in [0.717, 1.165) is 55.9 Å². The molecule has 0 N–H and O–H groups in total. The van der Waals surface area contributed by atoms with Crippen molar-refractivity contribution in [1.29, 1.82) is 0 Å². The van der Waals surface area contributed by atoms with Crippen molar-refractivity contribution >= 4 is 20.2 Å². The Morgan fingerprint density at radius 1 is 0.588 bits per heavy atom. The topological polar surface area (TPSA) is 0 Å². The smallest absolute Gasteiger partial charge is 0.0257 e. The molecule has 4 aliphatic rings. The Bertz CT molecular complexity index is 971. The summed E-state index contributed by atoms with van der Waals surface area (Å²) in [6, 6.07) is 0. The largest absolute Gasteiger partial charge is 0.126 e. The zero-order chi connectivity index (χ0) is 39.2. The highest BCUT2D eigenvalue weighted by Crippen LogP contribution is 2.36. The fourth-order valence-electron chi connectivity index (χ4n) is 7.05. The van der Waals surface area contributed by atoms with Crippen molar-refractivity contribution in [3.05, 3.63) is 70.9 Å². The van der Waals surface area contributed by atoms with E-state index in [-0.39, 0.29) is 0 Å². The maximum absolute atomic E-state index is 5.91. The summed E-state index contributed by atoms with van der Waals surface area (Å²) in [6.45, 7) is 33.4. The molecule has 0 aromatic rings. The average Bonchev–Trinajstić information content (AvgIpc) is 3.20. The van der Waals surface area contributed by atoms with Gasteiger partial charge in [-0.25, -0.2) is 0 Å². The number of hydrogen-bond donors (Lipinski definition) is 0. The molecule has 0 aromatic carbocycles. The van der Waals surface area contributed by atoms with E-state index in [0.29, 0.717) is 5.92 Å². The average molecular weight is 746 g/mol. The first kappa shape index (κ1) is 52.3. The second-order valence-corrected chi connectivity index (χ2v) is 16.6. The summed E-state index contributed by atoms with van der Waals surface area (Å²) in [5.41, 5.74) is 6.65. The van der Waals surface area contributed by atoms with Crippen molar-refractivity contribution < 1.29 is 0 Å². The van der Waals surface area contributed by atoms with E-state index >= 15 is 0 Å². The monoisotopic (exact) mass is 745 g/mol. The normalized spacial score (nSPS) is 24.6. The number of hydrogen-bond acceptors (Lipinski definition) is 0. The molecule has 298 valence electrons. The number of alkyl halides is 1. The van der Waals surface area contributed by atoms with Crippen LogP contribution < -0.4 is 0 Å². The molecule has 9 atom stereocenters. The number of allylic oxidation sites excluding steroid dienone is 12. The van der Waals surface area contributed by atoms with Crippen LogP contribution in [-0.2, 0) is 0 Å². The van der Waals surface area contributed by atoms with Gasteiger partial charge in [0.05, 0.1) is 0 Å². The fourth-order valence-corrected chi connectivity index (χ4v) is 8.58. The molecule has 0 radical (unpaired) electrons. The summed E-state index contributed by atoms with van der Waals surface area (Å²) in [7, 11) is 1.13. The van der Waals surface area contributed by atoms with Crippen LogP contribution in [0.4, 0.5) is 0 Å². The zero-order valence-electron chi connectivity index (χ0n) is 37.0. The maximum Gasteiger partial charge on any atom is 0.0257 e. The summed E-state index contributed by atoms with van der Waals surface area (Å²) in [5.74, 6) is 7.23. The van der Waals surface area contributed by atoms with Crippen molar-refractivity contribution in [2.75, 3.05) is 18.7 Å². The Morgan fingerprint density at radius 3 is 1.22 bits per heavy atom. The first-order chi connectivity index (χ1) is 24.6. The van der Waals surface area contributed by atoms with Gasteiger partial charge in [-0.05, 0) is 137 Å². The highest BCUT2D eigenvalue weighted by Gasteiger charge is 2.23. The Balaban J connectivity index is 0. The fraction of sp³-hybridized carbons (Fsp3) is 0.755. The van der Waals surface area contributed by atoms with Crippen LogP contribution in [0.2, 0.25) is 0 Å². The van der Waals surface area contributed by atoms with Gasteiger partial charge in [0.1, 0.15) is 0 Å². The molecule has 0 spiro atoms. The molecular formula is C49H90ClP. The van der Waals surface area contributed by atoms with Gasteiger partial charge in [-0.15, -0.1) is 20.2 Å². The van der Waals surface area contributed by atoms with Gasteiger partial charge in [0.2, 0.25) is 0 Å². The molecule has 51 heavy (non-hydrogen) atoms. The maximum atomic E-state index is 5.91. The number of rotatable bonds is 11. The minimum atomic E-state index is 0.690. The second-order valence-electron chi connectivity index (χ2n) is 15.2. The quantitative estimate of drug-likeness (QED) is 0.112. The summed E-state index contributed by atoms with van der Waals surface area (Å²) < 4.78 is 0. The lowest BCUT2D eigenvalue weighted by molar-refractivity contribution is 0.391. The van der Waals surface area contributed by atoms with Crippen LogP contribution in [0, 0.1) is 47.3 Å². The lowest BCUT2D eigenvalue weighted by Crippen LogP contribution is -2.19. The molecule has 0 aromatic heterocycles. The van der Waals surface area contributed by atoms with Gasteiger partial charge in [0.15, 0.2) is 0 Å². The molecule has 2 heteroatoms. The van der Waals surface area contributed by atoms with E-state index in [1.54, 1.807) is 22.3 Å². The Kier molecular flexibility index (Phi) is 34.5. The molecule has 9 unspecified atom stereocenters. The van der Waals surface area contributed by atoms with Crippen molar-refractivity contribution in [2.24, 2.45) is 47.3 Å².